The molecule has 0 bridgehead atoms. The van der Waals surface area contributed by atoms with E-state index in [1.807, 2.05) is 0 Å². The fourth-order valence-electron chi connectivity index (χ4n) is 3.50. The highest BCUT2D eigenvalue weighted by molar-refractivity contribution is 4.58. The average Bonchev–Trinajstić information content (AvgIpc) is 2.61. The Morgan fingerprint density at radius 2 is 0.920 bits per heavy atom. The van der Waals surface area contributed by atoms with Gasteiger partial charge in [0.05, 0.1) is 0 Å². The summed E-state index contributed by atoms with van der Waals surface area (Å²) in [4.78, 5) is 2.14. The lowest BCUT2D eigenvalue weighted by atomic mass is 10.0. The van der Waals surface area contributed by atoms with Crippen LogP contribution in [0.5, 0.6) is 0 Å². The van der Waals surface area contributed by atoms with Crippen molar-refractivity contribution in [2.45, 2.75) is 136 Å². The van der Waals surface area contributed by atoms with Crippen molar-refractivity contribution < 1.29 is 5.11 Å². The molecule has 1 N–H and O–H groups in total. The predicted octanol–water partition coefficient (Wildman–Crippen LogP) is 7.30. The first-order chi connectivity index (χ1) is 12.2. The largest absolute Gasteiger partial charge is 0.378 e. The topological polar surface area (TPSA) is 23.5 Å². The zero-order chi connectivity index (χ0) is 18.6. The molecule has 25 heavy (non-hydrogen) atoms. The summed E-state index contributed by atoms with van der Waals surface area (Å²) in [6.07, 6.45) is 24.0. The molecule has 0 rings (SSSR count). The van der Waals surface area contributed by atoms with E-state index >= 15 is 0 Å². The molecule has 0 saturated carbocycles. The zero-order valence-corrected chi connectivity index (χ0v) is 17.9. The summed E-state index contributed by atoms with van der Waals surface area (Å²) in [5.74, 6) is 0. The number of aliphatic hydroxyl groups is 1. The van der Waals surface area contributed by atoms with E-state index in [1.165, 1.54) is 103 Å². The fourth-order valence-corrected chi connectivity index (χ4v) is 3.50. The van der Waals surface area contributed by atoms with Crippen LogP contribution in [0.15, 0.2) is 0 Å². The molecule has 0 aliphatic carbocycles. The van der Waals surface area contributed by atoms with Crippen LogP contribution in [0.4, 0.5) is 0 Å². The third kappa shape index (κ3) is 18.5. The van der Waals surface area contributed by atoms with E-state index in [2.05, 4.69) is 25.8 Å². The van der Waals surface area contributed by atoms with Crippen LogP contribution in [0.2, 0.25) is 0 Å². The molecule has 0 radical (unpaired) electrons. The van der Waals surface area contributed by atoms with Gasteiger partial charge in [-0.25, -0.2) is 0 Å². The molecule has 0 aromatic heterocycles. The van der Waals surface area contributed by atoms with E-state index in [1.54, 1.807) is 0 Å². The van der Waals surface area contributed by atoms with Crippen LogP contribution >= 0.6 is 0 Å². The normalized spacial score (nSPS) is 12.8. The molecule has 0 aliphatic heterocycles. The van der Waals surface area contributed by atoms with Gasteiger partial charge in [0.25, 0.3) is 0 Å². The summed E-state index contributed by atoms with van der Waals surface area (Å²) >= 11 is 0. The van der Waals surface area contributed by atoms with E-state index in [4.69, 9.17) is 0 Å². The molecule has 0 aromatic carbocycles. The number of hydrogen-bond acceptors (Lipinski definition) is 2. The minimum atomic E-state index is -0.228. The maximum absolute atomic E-state index is 10.1. The maximum Gasteiger partial charge on any atom is 0.107 e. The Kier molecular flexibility index (Phi) is 20.2. The molecule has 1 atom stereocenters. The van der Waals surface area contributed by atoms with Gasteiger partial charge in [0, 0.05) is 6.54 Å². The van der Waals surface area contributed by atoms with Crippen LogP contribution in [0, 0.1) is 0 Å². The first-order valence-corrected chi connectivity index (χ1v) is 11.6. The van der Waals surface area contributed by atoms with E-state index in [0.717, 1.165) is 19.4 Å². The van der Waals surface area contributed by atoms with Gasteiger partial charge in [-0.05, 0) is 26.3 Å². The second kappa shape index (κ2) is 20.2. The minimum Gasteiger partial charge on any atom is -0.378 e. The molecular weight excluding hydrogens is 306 g/mol. The van der Waals surface area contributed by atoms with Gasteiger partial charge in [-0.2, -0.15) is 0 Å². The molecule has 1 unspecified atom stereocenters. The molecule has 0 amide bonds. The third-order valence-corrected chi connectivity index (χ3v) is 5.44. The Balaban J connectivity index is 3.20. The summed E-state index contributed by atoms with van der Waals surface area (Å²) in [5.41, 5.74) is 0. The number of aliphatic hydroxyl groups excluding tert-OH is 1. The van der Waals surface area contributed by atoms with Gasteiger partial charge in [0.2, 0.25) is 0 Å². The monoisotopic (exact) mass is 355 g/mol. The summed E-state index contributed by atoms with van der Waals surface area (Å²) in [6.45, 7) is 5.55. The lowest BCUT2D eigenvalue weighted by Crippen LogP contribution is -2.32. The minimum absolute atomic E-state index is 0.228. The molecular formula is C23H49NO. The van der Waals surface area contributed by atoms with Crippen molar-refractivity contribution in [2.24, 2.45) is 0 Å². The van der Waals surface area contributed by atoms with Crippen LogP contribution in [0.1, 0.15) is 129 Å². The van der Waals surface area contributed by atoms with Crippen molar-refractivity contribution in [1.82, 2.24) is 4.90 Å². The number of hydrogen-bond donors (Lipinski definition) is 1. The van der Waals surface area contributed by atoms with Crippen molar-refractivity contribution in [3.63, 3.8) is 0 Å². The van der Waals surface area contributed by atoms with Gasteiger partial charge >= 0.3 is 0 Å². The molecule has 0 saturated heterocycles. The quantitative estimate of drug-likeness (QED) is 0.183. The van der Waals surface area contributed by atoms with Crippen LogP contribution in [-0.2, 0) is 0 Å². The highest BCUT2D eigenvalue weighted by Crippen LogP contribution is 2.13. The van der Waals surface area contributed by atoms with Crippen molar-refractivity contribution in [2.75, 3.05) is 13.6 Å². The Hall–Kier alpha value is -0.0800. The first-order valence-electron chi connectivity index (χ1n) is 11.6. The van der Waals surface area contributed by atoms with Crippen LogP contribution in [0.3, 0.4) is 0 Å². The Morgan fingerprint density at radius 1 is 0.560 bits per heavy atom. The first kappa shape index (κ1) is 24.9. The molecule has 0 heterocycles. The van der Waals surface area contributed by atoms with E-state index in [-0.39, 0.29) is 6.23 Å². The van der Waals surface area contributed by atoms with E-state index in [0.29, 0.717) is 0 Å². The summed E-state index contributed by atoms with van der Waals surface area (Å²) in [6, 6.07) is 0. The van der Waals surface area contributed by atoms with E-state index in [9.17, 15) is 5.11 Å². The van der Waals surface area contributed by atoms with Gasteiger partial charge < -0.3 is 5.11 Å². The highest BCUT2D eigenvalue weighted by atomic mass is 16.3. The number of unbranched alkanes of at least 4 members (excludes halogenated alkanes) is 15. The molecule has 0 spiro atoms. The summed E-state index contributed by atoms with van der Waals surface area (Å²) in [5, 5.41) is 10.1. The van der Waals surface area contributed by atoms with Crippen molar-refractivity contribution in [3.05, 3.63) is 0 Å². The molecule has 0 aliphatic rings. The van der Waals surface area contributed by atoms with Gasteiger partial charge in [-0.1, -0.05) is 110 Å². The van der Waals surface area contributed by atoms with Crippen molar-refractivity contribution >= 4 is 0 Å². The van der Waals surface area contributed by atoms with Gasteiger partial charge in [-0.15, -0.1) is 0 Å². The van der Waals surface area contributed by atoms with Crippen molar-refractivity contribution in [3.8, 4) is 0 Å². The lowest BCUT2D eigenvalue weighted by Gasteiger charge is -2.23. The second-order valence-corrected chi connectivity index (χ2v) is 8.05. The Bertz CT molecular complexity index is 244. The van der Waals surface area contributed by atoms with Crippen LogP contribution < -0.4 is 0 Å². The summed E-state index contributed by atoms with van der Waals surface area (Å²) < 4.78 is 0. The SMILES string of the molecule is CCCCCCCCCCCCCCCCN(C)C(O)CCCCC. The Morgan fingerprint density at radius 3 is 1.36 bits per heavy atom. The standard InChI is InChI=1S/C23H49NO/c1-4-6-8-9-10-11-12-13-14-15-16-17-18-20-22-24(3)23(25)21-19-7-5-2/h23,25H,4-22H2,1-3H3. The van der Waals surface area contributed by atoms with Crippen LogP contribution in [-0.4, -0.2) is 29.8 Å². The second-order valence-electron chi connectivity index (χ2n) is 8.05. The summed E-state index contributed by atoms with van der Waals surface area (Å²) in [7, 11) is 2.07. The van der Waals surface area contributed by atoms with Crippen LogP contribution in [0.25, 0.3) is 0 Å². The predicted molar refractivity (Wildman–Crippen MR) is 113 cm³/mol. The van der Waals surface area contributed by atoms with Gasteiger partial charge in [0.1, 0.15) is 6.23 Å². The van der Waals surface area contributed by atoms with Gasteiger partial charge in [-0.3, -0.25) is 4.90 Å². The van der Waals surface area contributed by atoms with Gasteiger partial charge in [0.15, 0.2) is 0 Å². The van der Waals surface area contributed by atoms with E-state index < -0.39 is 0 Å². The molecule has 2 nitrogen and oxygen atoms in total. The lowest BCUT2D eigenvalue weighted by molar-refractivity contribution is 0.0129. The molecule has 152 valence electrons. The fraction of sp³-hybridized carbons (Fsp3) is 1.00. The van der Waals surface area contributed by atoms with Crippen molar-refractivity contribution in [1.29, 1.82) is 0 Å². The molecule has 0 fully saturated rings. The molecule has 2 heteroatoms. The zero-order valence-electron chi connectivity index (χ0n) is 17.9. The third-order valence-electron chi connectivity index (χ3n) is 5.44. The Labute approximate surface area is 159 Å². The number of nitrogens with zero attached hydrogens (tertiary/aromatic N) is 1. The maximum atomic E-state index is 10.1. The molecule has 0 aromatic rings. The smallest absolute Gasteiger partial charge is 0.107 e. The number of rotatable bonds is 20. The highest BCUT2D eigenvalue weighted by Gasteiger charge is 2.09. The average molecular weight is 356 g/mol.